The largest absolute Gasteiger partial charge is 0.311 e. The van der Waals surface area contributed by atoms with Crippen LogP contribution in [0.15, 0.2) is 30.3 Å². The van der Waals surface area contributed by atoms with Gasteiger partial charge >= 0.3 is 0 Å². The second kappa shape index (κ2) is 4.65. The molecule has 2 aromatic rings. The van der Waals surface area contributed by atoms with Gasteiger partial charge in [-0.2, -0.15) is 0 Å². The SMILES string of the molecule is Cc1ccc2cc(C(F)C3CCCN3)ccc2n1. The predicted molar refractivity (Wildman–Crippen MR) is 71.4 cm³/mol. The van der Waals surface area contributed by atoms with Crippen molar-refractivity contribution in [2.75, 3.05) is 6.54 Å². The highest BCUT2D eigenvalue weighted by Gasteiger charge is 2.25. The highest BCUT2D eigenvalue weighted by Crippen LogP contribution is 2.28. The minimum atomic E-state index is -0.918. The average Bonchev–Trinajstić information content (AvgIpc) is 2.91. The highest BCUT2D eigenvalue weighted by molar-refractivity contribution is 5.79. The predicted octanol–water partition coefficient (Wildman–Crippen LogP) is 3.31. The van der Waals surface area contributed by atoms with E-state index in [0.717, 1.165) is 41.5 Å². The summed E-state index contributed by atoms with van der Waals surface area (Å²) in [5.74, 6) is 0. The molecule has 0 saturated carbocycles. The van der Waals surface area contributed by atoms with Crippen molar-refractivity contribution in [1.82, 2.24) is 10.3 Å². The fraction of sp³-hybridized carbons (Fsp3) is 0.400. The summed E-state index contributed by atoms with van der Waals surface area (Å²) in [5, 5.41) is 4.23. The van der Waals surface area contributed by atoms with Crippen LogP contribution in [-0.4, -0.2) is 17.6 Å². The lowest BCUT2D eigenvalue weighted by Gasteiger charge is -2.16. The number of fused-ring (bicyclic) bond motifs is 1. The third kappa shape index (κ3) is 2.10. The van der Waals surface area contributed by atoms with Gasteiger partial charge in [-0.3, -0.25) is 4.98 Å². The number of nitrogens with zero attached hydrogens (tertiary/aromatic N) is 1. The summed E-state index contributed by atoms with van der Waals surface area (Å²) in [6.45, 7) is 2.90. The monoisotopic (exact) mass is 244 g/mol. The first-order valence-corrected chi connectivity index (χ1v) is 6.49. The van der Waals surface area contributed by atoms with Gasteiger partial charge in [0.2, 0.25) is 0 Å². The molecule has 3 rings (SSSR count). The minimum absolute atomic E-state index is 0.0270. The number of hydrogen-bond donors (Lipinski definition) is 1. The molecule has 1 saturated heterocycles. The maximum Gasteiger partial charge on any atom is 0.140 e. The quantitative estimate of drug-likeness (QED) is 0.876. The van der Waals surface area contributed by atoms with Crippen molar-refractivity contribution in [2.24, 2.45) is 0 Å². The van der Waals surface area contributed by atoms with Crippen LogP contribution >= 0.6 is 0 Å². The number of hydrogen-bond acceptors (Lipinski definition) is 2. The number of benzene rings is 1. The Morgan fingerprint density at radius 2 is 2.22 bits per heavy atom. The number of halogens is 1. The number of pyridine rings is 1. The second-order valence-corrected chi connectivity index (χ2v) is 5.01. The summed E-state index contributed by atoms with van der Waals surface area (Å²) in [4.78, 5) is 4.44. The maximum atomic E-state index is 14.4. The molecule has 1 aromatic carbocycles. The van der Waals surface area contributed by atoms with Crippen molar-refractivity contribution in [3.63, 3.8) is 0 Å². The Morgan fingerprint density at radius 3 is 3.00 bits per heavy atom. The molecule has 2 heterocycles. The Labute approximate surface area is 106 Å². The van der Waals surface area contributed by atoms with Crippen LogP contribution in [0.25, 0.3) is 10.9 Å². The van der Waals surface area contributed by atoms with Gasteiger partial charge in [0.05, 0.1) is 5.52 Å². The van der Waals surface area contributed by atoms with E-state index in [-0.39, 0.29) is 6.04 Å². The van der Waals surface area contributed by atoms with Crippen LogP contribution in [0.5, 0.6) is 0 Å². The lowest BCUT2D eigenvalue weighted by molar-refractivity contribution is 0.271. The van der Waals surface area contributed by atoms with Crippen molar-refractivity contribution in [3.05, 3.63) is 41.6 Å². The Hall–Kier alpha value is -1.48. The van der Waals surface area contributed by atoms with E-state index in [9.17, 15) is 4.39 Å². The molecule has 2 unspecified atom stereocenters. The van der Waals surface area contributed by atoms with E-state index in [4.69, 9.17) is 0 Å². The molecule has 18 heavy (non-hydrogen) atoms. The lowest BCUT2D eigenvalue weighted by Crippen LogP contribution is -2.26. The van der Waals surface area contributed by atoms with Crippen molar-refractivity contribution >= 4 is 10.9 Å². The summed E-state index contributed by atoms with van der Waals surface area (Å²) in [7, 11) is 0. The maximum absolute atomic E-state index is 14.4. The van der Waals surface area contributed by atoms with Crippen LogP contribution in [-0.2, 0) is 0 Å². The van der Waals surface area contributed by atoms with Gasteiger partial charge in [-0.05, 0) is 50.1 Å². The van der Waals surface area contributed by atoms with Crippen LogP contribution in [0.2, 0.25) is 0 Å². The van der Waals surface area contributed by atoms with Gasteiger partial charge in [0.15, 0.2) is 0 Å². The lowest BCUT2D eigenvalue weighted by atomic mass is 10.0. The summed E-state index contributed by atoms with van der Waals surface area (Å²) in [6.07, 6.45) is 1.07. The van der Waals surface area contributed by atoms with E-state index in [1.54, 1.807) is 0 Å². The topological polar surface area (TPSA) is 24.9 Å². The van der Waals surface area contributed by atoms with E-state index in [2.05, 4.69) is 10.3 Å². The van der Waals surface area contributed by atoms with Crippen LogP contribution in [0.4, 0.5) is 4.39 Å². The molecule has 1 aliphatic heterocycles. The molecule has 1 aromatic heterocycles. The Balaban J connectivity index is 1.94. The molecular weight excluding hydrogens is 227 g/mol. The molecule has 0 radical (unpaired) electrons. The molecule has 1 aliphatic rings. The van der Waals surface area contributed by atoms with E-state index in [0.29, 0.717) is 0 Å². The normalized spacial score (nSPS) is 21.3. The van der Waals surface area contributed by atoms with Crippen molar-refractivity contribution < 1.29 is 4.39 Å². The molecule has 3 heteroatoms. The van der Waals surface area contributed by atoms with E-state index < -0.39 is 6.17 Å². The molecule has 2 nitrogen and oxygen atoms in total. The Bertz CT molecular complexity index is 561. The number of rotatable bonds is 2. The summed E-state index contributed by atoms with van der Waals surface area (Å²) in [6, 6.07) is 9.65. The van der Waals surface area contributed by atoms with Crippen LogP contribution < -0.4 is 5.32 Å². The first-order chi connectivity index (χ1) is 8.74. The van der Waals surface area contributed by atoms with Crippen LogP contribution in [0, 0.1) is 6.92 Å². The number of alkyl halides is 1. The first kappa shape index (κ1) is 11.6. The molecule has 0 amide bonds. The number of aryl methyl sites for hydroxylation is 1. The molecule has 94 valence electrons. The van der Waals surface area contributed by atoms with Crippen molar-refractivity contribution in [3.8, 4) is 0 Å². The van der Waals surface area contributed by atoms with E-state index in [1.807, 2.05) is 37.3 Å². The van der Waals surface area contributed by atoms with Crippen molar-refractivity contribution in [2.45, 2.75) is 32.0 Å². The van der Waals surface area contributed by atoms with Gasteiger partial charge < -0.3 is 5.32 Å². The smallest absolute Gasteiger partial charge is 0.140 e. The fourth-order valence-electron chi connectivity index (χ4n) is 2.61. The Morgan fingerprint density at radius 1 is 1.33 bits per heavy atom. The van der Waals surface area contributed by atoms with Crippen LogP contribution in [0.3, 0.4) is 0 Å². The molecule has 1 fully saturated rings. The van der Waals surface area contributed by atoms with E-state index in [1.165, 1.54) is 0 Å². The third-order valence-corrected chi connectivity index (χ3v) is 3.62. The molecule has 0 spiro atoms. The zero-order valence-corrected chi connectivity index (χ0v) is 10.5. The van der Waals surface area contributed by atoms with Gasteiger partial charge in [-0.1, -0.05) is 12.1 Å². The summed E-state index contributed by atoms with van der Waals surface area (Å²) in [5.41, 5.74) is 2.68. The number of aromatic nitrogens is 1. The average molecular weight is 244 g/mol. The zero-order valence-electron chi connectivity index (χ0n) is 10.5. The molecular formula is C15H17FN2. The standard InChI is InChI=1S/C15H17FN2/c1-10-4-5-11-9-12(6-7-13(11)18-10)15(16)14-3-2-8-17-14/h4-7,9,14-15,17H,2-3,8H2,1H3. The summed E-state index contributed by atoms with van der Waals surface area (Å²) < 4.78 is 14.4. The molecule has 2 atom stereocenters. The van der Waals surface area contributed by atoms with Crippen molar-refractivity contribution in [1.29, 1.82) is 0 Å². The third-order valence-electron chi connectivity index (χ3n) is 3.62. The fourth-order valence-corrected chi connectivity index (χ4v) is 2.61. The minimum Gasteiger partial charge on any atom is -0.311 e. The zero-order chi connectivity index (χ0) is 12.5. The van der Waals surface area contributed by atoms with E-state index >= 15 is 0 Å². The van der Waals surface area contributed by atoms with Crippen LogP contribution in [0.1, 0.15) is 30.3 Å². The van der Waals surface area contributed by atoms with Gasteiger partial charge in [-0.25, -0.2) is 4.39 Å². The van der Waals surface area contributed by atoms with Gasteiger partial charge in [-0.15, -0.1) is 0 Å². The van der Waals surface area contributed by atoms with Gasteiger partial charge in [0.1, 0.15) is 6.17 Å². The molecule has 1 N–H and O–H groups in total. The number of nitrogens with one attached hydrogen (secondary N) is 1. The highest BCUT2D eigenvalue weighted by atomic mass is 19.1. The Kier molecular flexibility index (Phi) is 3.00. The molecule has 0 aliphatic carbocycles. The van der Waals surface area contributed by atoms with Gasteiger partial charge in [0.25, 0.3) is 0 Å². The van der Waals surface area contributed by atoms with Gasteiger partial charge in [0, 0.05) is 17.1 Å². The second-order valence-electron chi connectivity index (χ2n) is 5.01. The molecule has 0 bridgehead atoms. The first-order valence-electron chi connectivity index (χ1n) is 6.49. The summed E-state index contributed by atoms with van der Waals surface area (Å²) >= 11 is 0.